The molecule has 0 aliphatic heterocycles. The summed E-state index contributed by atoms with van der Waals surface area (Å²) in [5.41, 5.74) is 0.377. The van der Waals surface area contributed by atoms with E-state index in [2.05, 4.69) is 0 Å². The van der Waals surface area contributed by atoms with Crippen molar-refractivity contribution in [3.63, 3.8) is 0 Å². The van der Waals surface area contributed by atoms with Gasteiger partial charge in [-0.2, -0.15) is 0 Å². The Balaban J connectivity index is 1.53. The van der Waals surface area contributed by atoms with Crippen molar-refractivity contribution in [3.8, 4) is 11.1 Å². The number of carboxylic acid groups (broad SMARTS) is 1. The molecule has 0 bridgehead atoms. The van der Waals surface area contributed by atoms with Gasteiger partial charge in [-0.05, 0) is 54.7 Å². The normalized spacial score (nSPS) is 22.5. The van der Waals surface area contributed by atoms with Crippen LogP contribution in [0.2, 0.25) is 0 Å². The van der Waals surface area contributed by atoms with E-state index in [1.165, 1.54) is 0 Å². The summed E-state index contributed by atoms with van der Waals surface area (Å²) in [7, 11) is 0. The van der Waals surface area contributed by atoms with E-state index in [4.69, 9.17) is 9.15 Å². The number of ether oxygens (including phenoxy) is 1. The molecule has 1 aromatic heterocycles. The number of furan rings is 1. The lowest BCUT2D eigenvalue weighted by molar-refractivity contribution is -0.150. The van der Waals surface area contributed by atoms with Crippen LogP contribution in [0.25, 0.3) is 11.1 Å². The highest BCUT2D eigenvalue weighted by Gasteiger charge is 2.53. The Labute approximate surface area is 209 Å². The van der Waals surface area contributed by atoms with Gasteiger partial charge in [0.05, 0.1) is 30.5 Å². The smallest absolute Gasteiger partial charge is 0.338 e. The van der Waals surface area contributed by atoms with Gasteiger partial charge in [0.25, 0.3) is 0 Å². The number of carbonyl (C=O) groups excluding carboxylic acids is 1. The summed E-state index contributed by atoms with van der Waals surface area (Å²) < 4.78 is 11.1. The van der Waals surface area contributed by atoms with Crippen molar-refractivity contribution in [1.29, 1.82) is 0 Å². The molecule has 4 unspecified atom stereocenters. The monoisotopic (exact) mass is 490 g/mol. The Hall–Kier alpha value is -3.68. The molecule has 7 heteroatoms. The third-order valence-corrected chi connectivity index (χ3v) is 6.69. The zero-order valence-electron chi connectivity index (χ0n) is 19.8. The van der Waals surface area contributed by atoms with Crippen molar-refractivity contribution in [1.82, 2.24) is 0 Å². The van der Waals surface area contributed by atoms with Gasteiger partial charge in [0, 0.05) is 12.3 Å². The van der Waals surface area contributed by atoms with E-state index in [0.717, 1.165) is 16.9 Å². The van der Waals surface area contributed by atoms with Gasteiger partial charge >= 0.3 is 11.9 Å². The summed E-state index contributed by atoms with van der Waals surface area (Å²) in [6, 6.07) is 20.1. The van der Waals surface area contributed by atoms with Gasteiger partial charge in [0.2, 0.25) is 0 Å². The Morgan fingerprint density at radius 2 is 1.83 bits per heavy atom. The molecular formula is C29H30O7. The fraction of sp³-hybridized carbons (Fsp3) is 0.310. The molecule has 3 aromatic rings. The minimum atomic E-state index is -1.64. The number of aryl methyl sites for hydroxylation is 1. The van der Waals surface area contributed by atoms with Crippen molar-refractivity contribution in [2.75, 3.05) is 0 Å². The Kier molecular flexibility index (Phi) is 8.03. The first-order valence-electron chi connectivity index (χ1n) is 12.0. The number of hydrogen-bond donors (Lipinski definition) is 3. The zero-order valence-corrected chi connectivity index (χ0v) is 19.8. The number of hydrogen-bond acceptors (Lipinski definition) is 6. The standard InChI is InChI=1S/C29H30O7/c30-24(14-15-25-10-5-17-35-25)13-11-23-12-16-26(31)29(23,19-27(32)33)36-28(34)22-9-4-8-21(18-22)20-6-2-1-3-7-20/h1-11,13,17-18,23-24,26,30-31H,12,14-16,19H2,(H,32,33). The van der Waals surface area contributed by atoms with Gasteiger partial charge in [-0.25, -0.2) is 4.79 Å². The maximum absolute atomic E-state index is 13.2. The summed E-state index contributed by atoms with van der Waals surface area (Å²) in [4.78, 5) is 25.0. The fourth-order valence-corrected chi connectivity index (χ4v) is 4.79. The van der Waals surface area contributed by atoms with E-state index in [0.29, 0.717) is 19.3 Å². The molecule has 36 heavy (non-hydrogen) atoms. The highest BCUT2D eigenvalue weighted by Crippen LogP contribution is 2.43. The zero-order chi connectivity index (χ0) is 25.5. The number of aliphatic hydroxyl groups is 2. The van der Waals surface area contributed by atoms with E-state index in [1.807, 2.05) is 42.5 Å². The van der Waals surface area contributed by atoms with Crippen LogP contribution in [-0.4, -0.2) is 45.1 Å². The van der Waals surface area contributed by atoms with E-state index in [9.17, 15) is 24.9 Å². The first-order chi connectivity index (χ1) is 17.4. The maximum Gasteiger partial charge on any atom is 0.338 e. The Morgan fingerprint density at radius 3 is 2.56 bits per heavy atom. The van der Waals surface area contributed by atoms with Crippen LogP contribution < -0.4 is 0 Å². The average molecular weight is 491 g/mol. The summed E-state index contributed by atoms with van der Waals surface area (Å²) in [5.74, 6) is -1.70. The second-order valence-corrected chi connectivity index (χ2v) is 9.13. The number of aliphatic carboxylic acids is 1. The molecule has 4 atom stereocenters. The number of aliphatic hydroxyl groups excluding tert-OH is 2. The van der Waals surface area contributed by atoms with Crippen molar-refractivity contribution in [3.05, 3.63) is 96.5 Å². The minimum Gasteiger partial charge on any atom is -0.481 e. The summed E-state index contributed by atoms with van der Waals surface area (Å²) in [6.07, 6.45) is 3.98. The molecule has 1 aliphatic carbocycles. The number of carboxylic acids is 1. The second kappa shape index (κ2) is 11.4. The van der Waals surface area contributed by atoms with Crippen LogP contribution in [-0.2, 0) is 16.0 Å². The van der Waals surface area contributed by atoms with Gasteiger partial charge in [-0.3, -0.25) is 4.79 Å². The summed E-state index contributed by atoms with van der Waals surface area (Å²) in [5, 5.41) is 30.9. The van der Waals surface area contributed by atoms with Crippen LogP contribution in [0.5, 0.6) is 0 Å². The SMILES string of the molecule is O=C(O)CC1(OC(=O)c2cccc(-c3ccccc3)c2)C(O)CCC1C=CC(O)CCc1ccco1. The lowest BCUT2D eigenvalue weighted by Gasteiger charge is -2.35. The molecular weight excluding hydrogens is 460 g/mol. The number of benzene rings is 2. The maximum atomic E-state index is 13.2. The third kappa shape index (κ3) is 5.93. The molecule has 1 saturated carbocycles. The molecule has 188 valence electrons. The number of esters is 1. The summed E-state index contributed by atoms with van der Waals surface area (Å²) in [6.45, 7) is 0. The van der Waals surface area contributed by atoms with Crippen LogP contribution in [0.4, 0.5) is 0 Å². The van der Waals surface area contributed by atoms with E-state index >= 15 is 0 Å². The lowest BCUT2D eigenvalue weighted by atomic mass is 9.85. The largest absolute Gasteiger partial charge is 0.481 e. The fourth-order valence-electron chi connectivity index (χ4n) is 4.79. The molecule has 0 spiro atoms. The van der Waals surface area contributed by atoms with Crippen molar-refractivity contribution >= 4 is 11.9 Å². The molecule has 0 saturated heterocycles. The molecule has 2 aromatic carbocycles. The van der Waals surface area contributed by atoms with Crippen LogP contribution in [0.1, 0.15) is 41.8 Å². The molecule has 3 N–H and O–H groups in total. The molecule has 4 rings (SSSR count). The van der Waals surface area contributed by atoms with Crippen molar-refractivity contribution in [2.24, 2.45) is 5.92 Å². The van der Waals surface area contributed by atoms with Crippen LogP contribution >= 0.6 is 0 Å². The first-order valence-corrected chi connectivity index (χ1v) is 12.0. The predicted molar refractivity (Wildman–Crippen MR) is 133 cm³/mol. The van der Waals surface area contributed by atoms with Crippen LogP contribution in [0, 0.1) is 5.92 Å². The van der Waals surface area contributed by atoms with E-state index < -0.39 is 42.1 Å². The number of carbonyl (C=O) groups is 2. The van der Waals surface area contributed by atoms with Crippen molar-refractivity contribution < 1.29 is 34.1 Å². The van der Waals surface area contributed by atoms with Crippen LogP contribution in [0.3, 0.4) is 0 Å². The quantitative estimate of drug-likeness (QED) is 0.280. The molecule has 0 amide bonds. The topological polar surface area (TPSA) is 117 Å². The van der Waals surface area contributed by atoms with E-state index in [-0.39, 0.29) is 12.0 Å². The lowest BCUT2D eigenvalue weighted by Crippen LogP contribution is -2.48. The minimum absolute atomic E-state index is 0.265. The predicted octanol–water partition coefficient (Wildman–Crippen LogP) is 4.64. The van der Waals surface area contributed by atoms with Gasteiger partial charge in [0.1, 0.15) is 5.76 Å². The van der Waals surface area contributed by atoms with Gasteiger partial charge in [-0.1, -0.05) is 54.6 Å². The summed E-state index contributed by atoms with van der Waals surface area (Å²) >= 11 is 0. The van der Waals surface area contributed by atoms with Gasteiger partial charge < -0.3 is 24.5 Å². The molecule has 1 aliphatic rings. The van der Waals surface area contributed by atoms with Gasteiger partial charge in [0.15, 0.2) is 5.60 Å². The Bertz CT molecular complexity index is 1190. The molecule has 1 fully saturated rings. The highest BCUT2D eigenvalue weighted by atomic mass is 16.6. The number of rotatable bonds is 10. The third-order valence-electron chi connectivity index (χ3n) is 6.69. The second-order valence-electron chi connectivity index (χ2n) is 9.13. The van der Waals surface area contributed by atoms with Crippen molar-refractivity contribution in [2.45, 2.75) is 49.9 Å². The average Bonchev–Trinajstić information content (AvgIpc) is 3.50. The molecule has 7 nitrogen and oxygen atoms in total. The first kappa shape index (κ1) is 25.4. The van der Waals surface area contributed by atoms with Gasteiger partial charge in [-0.15, -0.1) is 0 Å². The van der Waals surface area contributed by atoms with Crippen LogP contribution in [0.15, 0.2) is 89.6 Å². The molecule has 0 radical (unpaired) electrons. The molecule has 1 heterocycles. The highest BCUT2D eigenvalue weighted by molar-refractivity contribution is 5.91. The Morgan fingerprint density at radius 1 is 1.06 bits per heavy atom. The van der Waals surface area contributed by atoms with E-state index in [1.54, 1.807) is 42.7 Å².